The molecule has 0 aliphatic heterocycles. The van der Waals surface area contributed by atoms with E-state index >= 15 is 0 Å². The molecule has 0 fully saturated rings. The van der Waals surface area contributed by atoms with E-state index in [1.165, 1.54) is 5.56 Å². The first kappa shape index (κ1) is 16.2. The monoisotopic (exact) mass is 327 g/mol. The number of nitrogens with zero attached hydrogens (tertiary/aromatic N) is 1. The highest BCUT2D eigenvalue weighted by molar-refractivity contribution is 9.09. The Morgan fingerprint density at radius 2 is 2.00 bits per heavy atom. The van der Waals surface area contributed by atoms with Crippen molar-refractivity contribution in [3.8, 4) is 0 Å². The van der Waals surface area contributed by atoms with Gasteiger partial charge in [0.1, 0.15) is 0 Å². The Bertz CT molecular complexity index is 356. The predicted molar refractivity (Wildman–Crippen MR) is 81.6 cm³/mol. The Labute approximate surface area is 124 Å². The summed E-state index contributed by atoms with van der Waals surface area (Å²) in [5.41, 5.74) is 1.29. The second-order valence-corrected chi connectivity index (χ2v) is 5.19. The number of aryl methyl sites for hydroxylation is 1. The van der Waals surface area contributed by atoms with E-state index in [0.717, 1.165) is 24.7 Å². The van der Waals surface area contributed by atoms with Crippen molar-refractivity contribution in [3.63, 3.8) is 0 Å². The number of rotatable bonds is 9. The molecule has 1 aromatic carbocycles. The zero-order chi connectivity index (χ0) is 13.9. The zero-order valence-electron chi connectivity index (χ0n) is 11.5. The van der Waals surface area contributed by atoms with E-state index in [9.17, 15) is 4.79 Å². The average Bonchev–Trinajstić information content (AvgIpc) is 2.44. The number of carbonyl (C=O) groups is 1. The predicted octanol–water partition coefficient (Wildman–Crippen LogP) is 2.88. The van der Waals surface area contributed by atoms with Crippen LogP contribution >= 0.6 is 15.9 Å². The maximum atomic E-state index is 12.1. The van der Waals surface area contributed by atoms with Crippen LogP contribution in [0.25, 0.3) is 0 Å². The highest BCUT2D eigenvalue weighted by Crippen LogP contribution is 2.06. The number of ether oxygens (including phenoxy) is 1. The van der Waals surface area contributed by atoms with Crippen LogP contribution in [-0.2, 0) is 16.0 Å². The van der Waals surface area contributed by atoms with Gasteiger partial charge in [-0.05, 0) is 18.4 Å². The molecule has 106 valence electrons. The molecule has 1 amide bonds. The summed E-state index contributed by atoms with van der Waals surface area (Å²) in [4.78, 5) is 13.9. The first-order chi connectivity index (χ1) is 9.27. The summed E-state index contributed by atoms with van der Waals surface area (Å²) >= 11 is 3.38. The Balaban J connectivity index is 2.31. The minimum atomic E-state index is 0.215. The van der Waals surface area contributed by atoms with Gasteiger partial charge < -0.3 is 9.64 Å². The van der Waals surface area contributed by atoms with Crippen molar-refractivity contribution in [2.45, 2.75) is 19.3 Å². The van der Waals surface area contributed by atoms with E-state index in [-0.39, 0.29) is 5.91 Å². The molecule has 0 N–H and O–H groups in total. The van der Waals surface area contributed by atoms with Crippen LogP contribution in [0.2, 0.25) is 0 Å². The van der Waals surface area contributed by atoms with Crippen molar-refractivity contribution in [1.82, 2.24) is 4.90 Å². The Morgan fingerprint density at radius 1 is 1.26 bits per heavy atom. The van der Waals surface area contributed by atoms with Crippen LogP contribution < -0.4 is 0 Å². The number of carbonyl (C=O) groups excluding carboxylic acids is 1. The number of methoxy groups -OCH3 is 1. The molecule has 0 unspecified atom stereocenters. The van der Waals surface area contributed by atoms with Gasteiger partial charge in [-0.2, -0.15) is 0 Å². The normalized spacial score (nSPS) is 10.4. The van der Waals surface area contributed by atoms with E-state index in [1.54, 1.807) is 7.11 Å². The van der Waals surface area contributed by atoms with Crippen molar-refractivity contribution < 1.29 is 9.53 Å². The second kappa shape index (κ2) is 9.98. The Kier molecular flexibility index (Phi) is 8.50. The minimum Gasteiger partial charge on any atom is -0.383 e. The molecule has 0 saturated heterocycles. The van der Waals surface area contributed by atoms with E-state index in [4.69, 9.17) is 4.74 Å². The molecule has 0 aromatic heterocycles. The lowest BCUT2D eigenvalue weighted by atomic mass is 10.1. The molecular weight excluding hydrogens is 306 g/mol. The number of hydrogen-bond donors (Lipinski definition) is 0. The maximum absolute atomic E-state index is 12.1. The van der Waals surface area contributed by atoms with Gasteiger partial charge in [-0.25, -0.2) is 0 Å². The molecule has 0 saturated carbocycles. The van der Waals surface area contributed by atoms with Gasteiger partial charge in [-0.1, -0.05) is 46.3 Å². The summed E-state index contributed by atoms with van der Waals surface area (Å²) in [7, 11) is 1.66. The first-order valence-corrected chi connectivity index (χ1v) is 7.76. The average molecular weight is 328 g/mol. The van der Waals surface area contributed by atoms with Crippen LogP contribution in [0.4, 0.5) is 0 Å². The number of alkyl halides is 1. The van der Waals surface area contributed by atoms with Crippen molar-refractivity contribution in [3.05, 3.63) is 35.9 Å². The summed E-state index contributed by atoms with van der Waals surface area (Å²) < 4.78 is 5.03. The number of halogens is 1. The summed E-state index contributed by atoms with van der Waals surface area (Å²) in [5, 5.41) is 0.807. The van der Waals surface area contributed by atoms with Crippen LogP contribution in [0, 0.1) is 0 Å². The molecule has 0 heterocycles. The highest BCUT2D eigenvalue weighted by Gasteiger charge is 2.11. The van der Waals surface area contributed by atoms with Gasteiger partial charge in [0, 0.05) is 32.0 Å². The van der Waals surface area contributed by atoms with Crippen LogP contribution in [-0.4, -0.2) is 42.9 Å². The van der Waals surface area contributed by atoms with Crippen molar-refractivity contribution in [1.29, 1.82) is 0 Å². The van der Waals surface area contributed by atoms with Crippen LogP contribution in [0.15, 0.2) is 30.3 Å². The Morgan fingerprint density at radius 3 is 2.63 bits per heavy atom. The largest absolute Gasteiger partial charge is 0.383 e. The summed E-state index contributed by atoms with van der Waals surface area (Å²) in [5.74, 6) is 0.215. The smallest absolute Gasteiger partial charge is 0.222 e. The molecule has 19 heavy (non-hydrogen) atoms. The molecule has 1 aromatic rings. The maximum Gasteiger partial charge on any atom is 0.222 e. The lowest BCUT2D eigenvalue weighted by Gasteiger charge is -2.21. The lowest BCUT2D eigenvalue weighted by Crippen LogP contribution is -2.35. The molecule has 0 radical (unpaired) electrons. The third-order valence-corrected chi connectivity index (χ3v) is 3.33. The molecule has 0 aliphatic carbocycles. The highest BCUT2D eigenvalue weighted by atomic mass is 79.9. The van der Waals surface area contributed by atoms with E-state index < -0.39 is 0 Å². The molecule has 3 nitrogen and oxygen atoms in total. The fourth-order valence-electron chi connectivity index (χ4n) is 1.91. The number of benzene rings is 1. The van der Waals surface area contributed by atoms with Gasteiger partial charge in [0.25, 0.3) is 0 Å². The van der Waals surface area contributed by atoms with Crippen molar-refractivity contribution in [2.24, 2.45) is 0 Å². The van der Waals surface area contributed by atoms with Gasteiger partial charge in [0.2, 0.25) is 5.91 Å². The van der Waals surface area contributed by atoms with Crippen molar-refractivity contribution >= 4 is 21.8 Å². The second-order valence-electron chi connectivity index (χ2n) is 4.40. The number of amides is 1. The quantitative estimate of drug-likeness (QED) is 0.653. The molecular formula is C15H22BrNO2. The zero-order valence-corrected chi connectivity index (χ0v) is 13.1. The standard InChI is InChI=1S/C15H22BrNO2/c1-19-13-12-17(11-10-16)15(18)9-5-8-14-6-3-2-4-7-14/h2-4,6-7H,5,8-13H2,1H3. The molecule has 4 heteroatoms. The number of hydrogen-bond acceptors (Lipinski definition) is 2. The molecule has 0 spiro atoms. The third-order valence-electron chi connectivity index (χ3n) is 2.97. The van der Waals surface area contributed by atoms with Gasteiger partial charge in [-0.15, -0.1) is 0 Å². The third kappa shape index (κ3) is 6.73. The molecule has 0 bridgehead atoms. The van der Waals surface area contributed by atoms with Gasteiger partial charge in [-0.3, -0.25) is 4.79 Å². The van der Waals surface area contributed by atoms with Crippen LogP contribution in [0.5, 0.6) is 0 Å². The molecule has 1 rings (SSSR count). The van der Waals surface area contributed by atoms with E-state index in [1.807, 2.05) is 23.1 Å². The van der Waals surface area contributed by atoms with Gasteiger partial charge in [0.15, 0.2) is 0 Å². The minimum absolute atomic E-state index is 0.215. The van der Waals surface area contributed by atoms with Gasteiger partial charge >= 0.3 is 0 Å². The first-order valence-electron chi connectivity index (χ1n) is 6.64. The summed E-state index contributed by atoms with van der Waals surface area (Å²) in [6.45, 7) is 2.01. The molecule has 0 atom stereocenters. The van der Waals surface area contributed by atoms with Crippen LogP contribution in [0.1, 0.15) is 18.4 Å². The summed E-state index contributed by atoms with van der Waals surface area (Å²) in [6, 6.07) is 10.3. The topological polar surface area (TPSA) is 29.5 Å². The lowest BCUT2D eigenvalue weighted by molar-refractivity contribution is -0.131. The van der Waals surface area contributed by atoms with E-state index in [0.29, 0.717) is 19.6 Å². The van der Waals surface area contributed by atoms with Crippen molar-refractivity contribution in [2.75, 3.05) is 32.1 Å². The summed E-state index contributed by atoms with van der Waals surface area (Å²) in [6.07, 6.45) is 2.46. The fraction of sp³-hybridized carbons (Fsp3) is 0.533. The fourth-order valence-corrected chi connectivity index (χ4v) is 2.34. The van der Waals surface area contributed by atoms with Crippen LogP contribution in [0.3, 0.4) is 0 Å². The molecule has 0 aliphatic rings. The Hall–Kier alpha value is -0.870. The van der Waals surface area contributed by atoms with Gasteiger partial charge in [0.05, 0.1) is 6.61 Å². The van der Waals surface area contributed by atoms with E-state index in [2.05, 4.69) is 28.1 Å². The SMILES string of the molecule is COCCN(CCBr)C(=O)CCCc1ccccc1.